The highest BCUT2D eigenvalue weighted by molar-refractivity contribution is 7.12. The summed E-state index contributed by atoms with van der Waals surface area (Å²) in [6, 6.07) is 0. The zero-order valence-corrected chi connectivity index (χ0v) is 7.62. The molecule has 0 saturated heterocycles. The van der Waals surface area contributed by atoms with Crippen LogP contribution in [0.2, 0.25) is 0 Å². The molecule has 56 valence electrons. The Morgan fingerprint density at radius 3 is 2.10 bits per heavy atom. The Morgan fingerprint density at radius 1 is 1.30 bits per heavy atom. The molecule has 3 heteroatoms. The molecule has 1 heterocycles. The predicted molar refractivity (Wildman–Crippen MR) is 45.9 cm³/mol. The molecule has 10 heavy (non-hydrogen) atoms. The van der Waals surface area contributed by atoms with Crippen LogP contribution < -0.4 is 4.90 Å². The van der Waals surface area contributed by atoms with Crippen LogP contribution in [0.25, 0.3) is 0 Å². The van der Waals surface area contributed by atoms with Crippen LogP contribution in [0.15, 0.2) is 0 Å². The maximum atomic E-state index is 4.35. The van der Waals surface area contributed by atoms with Gasteiger partial charge < -0.3 is 4.90 Å². The molecule has 0 aliphatic heterocycles. The van der Waals surface area contributed by atoms with Crippen LogP contribution >= 0.6 is 11.3 Å². The lowest BCUT2D eigenvalue weighted by Gasteiger charge is -2.08. The highest BCUT2D eigenvalue weighted by atomic mass is 32.1. The van der Waals surface area contributed by atoms with Crippen LogP contribution in [-0.4, -0.2) is 19.1 Å². The van der Waals surface area contributed by atoms with Gasteiger partial charge in [-0.05, 0) is 13.8 Å². The molecule has 0 radical (unpaired) electrons. The van der Waals surface area contributed by atoms with Crippen LogP contribution in [0.5, 0.6) is 0 Å². The largest absolute Gasteiger partial charge is 0.362 e. The summed E-state index contributed by atoms with van der Waals surface area (Å²) in [5, 5.41) is 1.14. The summed E-state index contributed by atoms with van der Waals surface area (Å²) in [4.78, 5) is 7.69. The number of aromatic nitrogens is 1. The molecule has 1 aromatic rings. The monoisotopic (exact) mass is 156 g/mol. The molecule has 1 aromatic heterocycles. The summed E-state index contributed by atoms with van der Waals surface area (Å²) in [6.07, 6.45) is 0. The molecule has 0 aliphatic carbocycles. The van der Waals surface area contributed by atoms with Crippen molar-refractivity contribution in [3.63, 3.8) is 0 Å². The third kappa shape index (κ3) is 1.29. The van der Waals surface area contributed by atoms with Gasteiger partial charge in [0.05, 0.1) is 5.01 Å². The van der Waals surface area contributed by atoms with Gasteiger partial charge in [-0.15, -0.1) is 11.3 Å². The van der Waals surface area contributed by atoms with E-state index in [4.69, 9.17) is 0 Å². The van der Waals surface area contributed by atoms with Gasteiger partial charge in [0.25, 0.3) is 0 Å². The Labute approximate surface area is 65.5 Å². The second-order valence-electron chi connectivity index (χ2n) is 2.51. The predicted octanol–water partition coefficient (Wildman–Crippen LogP) is 1.83. The molecule has 0 aromatic carbocycles. The van der Waals surface area contributed by atoms with Crippen molar-refractivity contribution in [3.8, 4) is 0 Å². The zero-order valence-electron chi connectivity index (χ0n) is 6.80. The molecular weight excluding hydrogens is 144 g/mol. The van der Waals surface area contributed by atoms with Gasteiger partial charge in [-0.3, -0.25) is 0 Å². The van der Waals surface area contributed by atoms with Gasteiger partial charge in [-0.2, -0.15) is 0 Å². The van der Waals surface area contributed by atoms with E-state index in [1.54, 1.807) is 11.3 Å². The van der Waals surface area contributed by atoms with Gasteiger partial charge in [-0.1, -0.05) is 0 Å². The molecule has 0 unspecified atom stereocenters. The molecule has 0 bridgehead atoms. The molecule has 1 rings (SSSR count). The minimum absolute atomic E-state index is 1.10. The Balaban J connectivity index is 3.03. The van der Waals surface area contributed by atoms with E-state index in [1.807, 2.05) is 25.9 Å². The SMILES string of the molecule is Cc1nc(N(C)C)c(C)s1. The summed E-state index contributed by atoms with van der Waals surface area (Å²) < 4.78 is 0. The van der Waals surface area contributed by atoms with E-state index in [2.05, 4.69) is 11.9 Å². The number of rotatable bonds is 1. The Kier molecular flexibility index (Phi) is 1.94. The van der Waals surface area contributed by atoms with Crippen molar-refractivity contribution >= 4 is 17.2 Å². The fourth-order valence-electron chi connectivity index (χ4n) is 0.933. The van der Waals surface area contributed by atoms with Gasteiger partial charge >= 0.3 is 0 Å². The van der Waals surface area contributed by atoms with Crippen molar-refractivity contribution < 1.29 is 0 Å². The maximum Gasteiger partial charge on any atom is 0.142 e. The lowest BCUT2D eigenvalue weighted by Crippen LogP contribution is -2.09. The van der Waals surface area contributed by atoms with Crippen LogP contribution in [0.4, 0.5) is 5.82 Å². The Hall–Kier alpha value is -0.570. The van der Waals surface area contributed by atoms with Crippen LogP contribution in [0.1, 0.15) is 9.88 Å². The third-order valence-corrected chi connectivity index (χ3v) is 2.18. The second-order valence-corrected chi connectivity index (χ2v) is 3.91. The number of hydrogen-bond donors (Lipinski definition) is 0. The number of hydrogen-bond acceptors (Lipinski definition) is 3. The van der Waals surface area contributed by atoms with E-state index >= 15 is 0 Å². The van der Waals surface area contributed by atoms with Crippen molar-refractivity contribution in [2.45, 2.75) is 13.8 Å². The average Bonchev–Trinajstić information content (AvgIpc) is 2.10. The first-order chi connectivity index (χ1) is 4.61. The zero-order chi connectivity index (χ0) is 7.72. The molecule has 0 N–H and O–H groups in total. The molecule has 0 atom stereocenters. The summed E-state index contributed by atoms with van der Waals surface area (Å²) in [5.41, 5.74) is 0. The second kappa shape index (κ2) is 2.58. The average molecular weight is 156 g/mol. The quantitative estimate of drug-likeness (QED) is 0.616. The van der Waals surface area contributed by atoms with E-state index in [1.165, 1.54) is 4.88 Å². The molecular formula is C7H12N2S. The Morgan fingerprint density at radius 2 is 1.90 bits per heavy atom. The van der Waals surface area contributed by atoms with E-state index < -0.39 is 0 Å². The number of nitrogens with zero attached hydrogens (tertiary/aromatic N) is 2. The molecule has 0 spiro atoms. The molecule has 0 saturated carbocycles. The van der Waals surface area contributed by atoms with Crippen molar-refractivity contribution in [3.05, 3.63) is 9.88 Å². The highest BCUT2D eigenvalue weighted by Gasteiger charge is 2.04. The normalized spacial score (nSPS) is 10.0. The van der Waals surface area contributed by atoms with Crippen LogP contribution in [-0.2, 0) is 0 Å². The summed E-state index contributed by atoms with van der Waals surface area (Å²) in [6.45, 7) is 4.13. The van der Waals surface area contributed by atoms with Gasteiger partial charge in [0.1, 0.15) is 5.82 Å². The van der Waals surface area contributed by atoms with E-state index in [0.717, 1.165) is 10.8 Å². The lowest BCUT2D eigenvalue weighted by molar-refractivity contribution is 1.06. The first kappa shape index (κ1) is 7.54. The molecule has 0 fully saturated rings. The number of aryl methyl sites for hydroxylation is 2. The Bertz CT molecular complexity index is 228. The number of anilines is 1. The fourth-order valence-corrected chi connectivity index (χ4v) is 1.83. The summed E-state index contributed by atoms with van der Waals surface area (Å²) in [5.74, 6) is 1.10. The van der Waals surface area contributed by atoms with Gasteiger partial charge in [0, 0.05) is 19.0 Å². The van der Waals surface area contributed by atoms with Crippen LogP contribution in [0, 0.1) is 13.8 Å². The minimum Gasteiger partial charge on any atom is -0.362 e. The summed E-state index contributed by atoms with van der Waals surface area (Å²) >= 11 is 1.74. The fraction of sp³-hybridized carbons (Fsp3) is 0.571. The van der Waals surface area contributed by atoms with Gasteiger partial charge in [0.15, 0.2) is 0 Å². The smallest absolute Gasteiger partial charge is 0.142 e. The van der Waals surface area contributed by atoms with Crippen LogP contribution in [0.3, 0.4) is 0 Å². The van der Waals surface area contributed by atoms with Gasteiger partial charge in [0.2, 0.25) is 0 Å². The lowest BCUT2D eigenvalue weighted by atomic mass is 10.5. The molecule has 2 nitrogen and oxygen atoms in total. The van der Waals surface area contributed by atoms with E-state index in [-0.39, 0.29) is 0 Å². The van der Waals surface area contributed by atoms with Gasteiger partial charge in [-0.25, -0.2) is 4.98 Å². The molecule has 0 aliphatic rings. The number of thiazole rings is 1. The topological polar surface area (TPSA) is 16.1 Å². The first-order valence-corrected chi connectivity index (χ1v) is 4.04. The first-order valence-electron chi connectivity index (χ1n) is 3.22. The minimum atomic E-state index is 1.10. The third-order valence-electron chi connectivity index (χ3n) is 1.30. The summed E-state index contributed by atoms with van der Waals surface area (Å²) in [7, 11) is 4.03. The van der Waals surface area contributed by atoms with E-state index in [0.29, 0.717) is 0 Å². The maximum absolute atomic E-state index is 4.35. The van der Waals surface area contributed by atoms with Crippen molar-refractivity contribution in [1.29, 1.82) is 0 Å². The molecule has 0 amide bonds. The van der Waals surface area contributed by atoms with Crippen molar-refractivity contribution in [1.82, 2.24) is 4.98 Å². The standard InChI is InChI=1S/C7H12N2S/c1-5-7(9(3)4)8-6(2)10-5/h1-4H3. The van der Waals surface area contributed by atoms with Crippen molar-refractivity contribution in [2.24, 2.45) is 0 Å². The highest BCUT2D eigenvalue weighted by Crippen LogP contribution is 2.22. The van der Waals surface area contributed by atoms with Crippen molar-refractivity contribution in [2.75, 3.05) is 19.0 Å². The van der Waals surface area contributed by atoms with E-state index in [9.17, 15) is 0 Å².